The van der Waals surface area contributed by atoms with Crippen LogP contribution in [0, 0.1) is 5.41 Å². The van der Waals surface area contributed by atoms with Crippen molar-refractivity contribution in [3.8, 4) is 0 Å². The van der Waals surface area contributed by atoms with Gasteiger partial charge in [-0.2, -0.15) is 0 Å². The van der Waals surface area contributed by atoms with Gasteiger partial charge in [-0.25, -0.2) is 4.98 Å². The van der Waals surface area contributed by atoms with E-state index in [9.17, 15) is 0 Å². The molecule has 7 heteroatoms. The highest BCUT2D eigenvalue weighted by atomic mass is 127. The number of ether oxygens (including phenoxy) is 1. The van der Waals surface area contributed by atoms with Gasteiger partial charge in [-0.1, -0.05) is 13.8 Å². The average Bonchev–Trinajstić information content (AvgIpc) is 2.99. The lowest BCUT2D eigenvalue weighted by atomic mass is 9.64. The van der Waals surface area contributed by atoms with E-state index < -0.39 is 0 Å². The molecule has 0 spiro atoms. The second kappa shape index (κ2) is 8.70. The summed E-state index contributed by atoms with van der Waals surface area (Å²) in [6.07, 6.45) is 8.15. The first-order chi connectivity index (χ1) is 11.5. The van der Waals surface area contributed by atoms with Crippen LogP contribution in [0.3, 0.4) is 0 Å². The van der Waals surface area contributed by atoms with Crippen molar-refractivity contribution in [2.75, 3.05) is 20.7 Å². The number of imidazole rings is 1. The van der Waals surface area contributed by atoms with Gasteiger partial charge in [-0.3, -0.25) is 4.99 Å². The zero-order valence-corrected chi connectivity index (χ0v) is 18.2. The molecule has 3 rings (SSSR count). The maximum absolute atomic E-state index is 5.51. The molecular formula is C18H32IN5O. The van der Waals surface area contributed by atoms with Gasteiger partial charge in [0.25, 0.3) is 0 Å². The normalized spacial score (nSPS) is 24.7. The van der Waals surface area contributed by atoms with Crippen LogP contribution in [0.25, 0.3) is 0 Å². The molecule has 1 saturated carbocycles. The smallest absolute Gasteiger partial charge is 0.191 e. The first kappa shape index (κ1) is 20.5. The van der Waals surface area contributed by atoms with Gasteiger partial charge in [-0.05, 0) is 19.3 Å². The Balaban J connectivity index is 0.00000225. The van der Waals surface area contributed by atoms with Crippen molar-refractivity contribution in [1.82, 2.24) is 20.2 Å². The molecule has 2 N–H and O–H groups in total. The molecule has 0 amide bonds. The Kier molecular flexibility index (Phi) is 7.13. The highest BCUT2D eigenvalue weighted by Crippen LogP contribution is 2.42. The number of halogens is 1. The summed E-state index contributed by atoms with van der Waals surface area (Å²) in [5, 5.41) is 6.94. The number of hydrogen-bond donors (Lipinski definition) is 2. The number of nitrogens with zero attached hydrogens (tertiary/aromatic N) is 3. The average molecular weight is 461 g/mol. The monoisotopic (exact) mass is 461 g/mol. The molecule has 142 valence electrons. The maximum atomic E-state index is 5.51. The topological polar surface area (TPSA) is 63.5 Å². The Bertz CT molecular complexity index is 575. The van der Waals surface area contributed by atoms with Gasteiger partial charge in [0.2, 0.25) is 0 Å². The van der Waals surface area contributed by atoms with E-state index in [0.29, 0.717) is 12.1 Å². The number of methoxy groups -OCH3 is 1. The first-order valence-corrected chi connectivity index (χ1v) is 9.09. The number of nitrogens with one attached hydrogen (secondary N) is 2. The van der Waals surface area contributed by atoms with Gasteiger partial charge < -0.3 is 19.9 Å². The zero-order chi connectivity index (χ0) is 17.2. The van der Waals surface area contributed by atoms with E-state index >= 15 is 0 Å². The van der Waals surface area contributed by atoms with E-state index in [0.717, 1.165) is 38.3 Å². The van der Waals surface area contributed by atoms with E-state index in [2.05, 4.69) is 40.2 Å². The zero-order valence-electron chi connectivity index (χ0n) is 15.8. The van der Waals surface area contributed by atoms with Crippen molar-refractivity contribution in [2.24, 2.45) is 10.4 Å². The summed E-state index contributed by atoms with van der Waals surface area (Å²) in [5.41, 5.74) is 1.31. The maximum Gasteiger partial charge on any atom is 0.191 e. The summed E-state index contributed by atoms with van der Waals surface area (Å²) in [4.78, 5) is 9.10. The molecule has 1 aromatic heterocycles. The molecule has 0 aromatic carbocycles. The van der Waals surface area contributed by atoms with Gasteiger partial charge in [0.05, 0.1) is 11.8 Å². The largest absolute Gasteiger partial charge is 0.381 e. The minimum Gasteiger partial charge on any atom is -0.381 e. The van der Waals surface area contributed by atoms with Crippen LogP contribution in [0.15, 0.2) is 11.2 Å². The number of aromatic nitrogens is 2. The van der Waals surface area contributed by atoms with E-state index in [4.69, 9.17) is 9.72 Å². The Morgan fingerprint density at radius 2 is 2.24 bits per heavy atom. The Morgan fingerprint density at radius 3 is 2.88 bits per heavy atom. The van der Waals surface area contributed by atoms with Crippen molar-refractivity contribution in [3.05, 3.63) is 17.7 Å². The molecule has 2 unspecified atom stereocenters. The van der Waals surface area contributed by atoms with Gasteiger partial charge in [0, 0.05) is 57.7 Å². The highest BCUT2D eigenvalue weighted by molar-refractivity contribution is 14.0. The summed E-state index contributed by atoms with van der Waals surface area (Å²) < 4.78 is 7.83. The molecule has 2 atom stereocenters. The van der Waals surface area contributed by atoms with Crippen LogP contribution in [0.5, 0.6) is 0 Å². The summed E-state index contributed by atoms with van der Waals surface area (Å²) in [7, 11) is 3.62. The van der Waals surface area contributed by atoms with Crippen molar-refractivity contribution < 1.29 is 4.74 Å². The minimum absolute atomic E-state index is 0. The van der Waals surface area contributed by atoms with Gasteiger partial charge >= 0.3 is 0 Å². The van der Waals surface area contributed by atoms with Crippen LogP contribution in [0.4, 0.5) is 0 Å². The van der Waals surface area contributed by atoms with Gasteiger partial charge in [0.1, 0.15) is 5.82 Å². The minimum atomic E-state index is 0. The molecule has 0 radical (unpaired) electrons. The summed E-state index contributed by atoms with van der Waals surface area (Å²) in [5.74, 6) is 2.12. The Hall–Kier alpha value is -0.830. The van der Waals surface area contributed by atoms with Crippen LogP contribution < -0.4 is 10.6 Å². The first-order valence-electron chi connectivity index (χ1n) is 9.09. The highest BCUT2D eigenvalue weighted by Gasteiger charge is 2.48. The number of aryl methyl sites for hydroxylation is 2. The summed E-state index contributed by atoms with van der Waals surface area (Å²) in [6.45, 7) is 6.45. The molecule has 2 heterocycles. The van der Waals surface area contributed by atoms with Crippen molar-refractivity contribution in [2.45, 2.75) is 64.6 Å². The molecule has 2 aliphatic rings. The lowest BCUT2D eigenvalue weighted by Gasteiger charge is -2.51. The van der Waals surface area contributed by atoms with E-state index in [1.165, 1.54) is 24.4 Å². The molecule has 0 bridgehead atoms. The number of aliphatic imine (C=N–C) groups is 1. The molecule has 1 aliphatic carbocycles. The van der Waals surface area contributed by atoms with Crippen molar-refractivity contribution in [1.29, 1.82) is 0 Å². The van der Waals surface area contributed by atoms with Crippen LogP contribution >= 0.6 is 24.0 Å². The van der Waals surface area contributed by atoms with Crippen LogP contribution in [-0.2, 0) is 24.1 Å². The number of fused-ring (bicyclic) bond motifs is 1. The molecule has 1 aromatic rings. The van der Waals surface area contributed by atoms with Crippen molar-refractivity contribution >= 4 is 29.9 Å². The van der Waals surface area contributed by atoms with Crippen LogP contribution in [0.2, 0.25) is 0 Å². The fraction of sp³-hybridized carbons (Fsp3) is 0.778. The quantitative estimate of drug-likeness (QED) is 0.402. The third-order valence-corrected chi connectivity index (χ3v) is 5.63. The van der Waals surface area contributed by atoms with E-state index in [1.54, 1.807) is 7.11 Å². The Morgan fingerprint density at radius 1 is 1.44 bits per heavy atom. The molecule has 6 nitrogen and oxygen atoms in total. The second-order valence-corrected chi connectivity index (χ2v) is 7.53. The van der Waals surface area contributed by atoms with Crippen LogP contribution in [0.1, 0.15) is 44.6 Å². The molecule has 0 saturated heterocycles. The number of rotatable bonds is 5. The lowest BCUT2D eigenvalue weighted by molar-refractivity contribution is -0.0922. The lowest BCUT2D eigenvalue weighted by Crippen LogP contribution is -2.63. The SMILES string of the molecule is CN=C(NCCc1cn2c(n1)CCCC2)NC1CC(OC)C1(C)C.I. The fourth-order valence-electron chi connectivity index (χ4n) is 3.79. The van der Waals surface area contributed by atoms with Gasteiger partial charge in [0.15, 0.2) is 5.96 Å². The summed E-state index contributed by atoms with van der Waals surface area (Å²) >= 11 is 0. The van der Waals surface area contributed by atoms with E-state index in [-0.39, 0.29) is 29.4 Å². The second-order valence-electron chi connectivity index (χ2n) is 7.53. The Labute approximate surface area is 168 Å². The number of guanidine groups is 1. The molecule has 1 aliphatic heterocycles. The molecule has 25 heavy (non-hydrogen) atoms. The third kappa shape index (κ3) is 4.48. The van der Waals surface area contributed by atoms with Crippen molar-refractivity contribution in [3.63, 3.8) is 0 Å². The molecular weight excluding hydrogens is 429 g/mol. The van der Waals surface area contributed by atoms with Crippen LogP contribution in [-0.4, -0.2) is 48.4 Å². The van der Waals surface area contributed by atoms with E-state index in [1.807, 2.05) is 7.05 Å². The molecule has 1 fully saturated rings. The predicted octanol–water partition coefficient (Wildman–Crippen LogP) is 2.36. The third-order valence-electron chi connectivity index (χ3n) is 5.63. The summed E-state index contributed by atoms with van der Waals surface area (Å²) in [6, 6.07) is 0.397. The fourth-order valence-corrected chi connectivity index (χ4v) is 3.79. The standard InChI is InChI=1S/C18H31N5O.HI/c1-18(2)14(11-15(18)24-4)22-17(19-3)20-9-8-13-12-23-10-6-5-7-16(23)21-13;/h12,14-15H,5-11H2,1-4H3,(H2,19,20,22);1H. The number of hydrogen-bond acceptors (Lipinski definition) is 3. The predicted molar refractivity (Wildman–Crippen MR) is 112 cm³/mol. The van der Waals surface area contributed by atoms with Gasteiger partial charge in [-0.15, -0.1) is 24.0 Å².